The van der Waals surface area contributed by atoms with Crippen molar-refractivity contribution in [1.82, 2.24) is 0 Å². The van der Waals surface area contributed by atoms with Gasteiger partial charge in [0.05, 0.1) is 4.47 Å². The van der Waals surface area contributed by atoms with Crippen molar-refractivity contribution in [3.05, 3.63) is 62.8 Å². The monoisotopic (exact) mass is 358 g/mol. The molecule has 1 nitrogen and oxygen atoms in total. The molecule has 4 heteroatoms. The second-order valence-corrected chi connectivity index (χ2v) is 5.24. The van der Waals surface area contributed by atoms with Gasteiger partial charge in [0.1, 0.15) is 6.61 Å². The van der Waals surface area contributed by atoms with E-state index in [-0.39, 0.29) is 11.6 Å². The molecule has 2 rings (SSSR count). The summed E-state index contributed by atoms with van der Waals surface area (Å²) in [4.78, 5) is 0. The molecule has 0 saturated carbocycles. The summed E-state index contributed by atoms with van der Waals surface area (Å²) < 4.78 is 20.4. The Bertz CT molecular complexity index is 491. The summed E-state index contributed by atoms with van der Waals surface area (Å²) in [7, 11) is 0. The SMILES string of the molecule is Fc1cc(Br)cc(Br)c1OCc1ccccc1. The van der Waals surface area contributed by atoms with Crippen molar-refractivity contribution < 1.29 is 9.13 Å². The van der Waals surface area contributed by atoms with Crippen LogP contribution in [0.3, 0.4) is 0 Å². The zero-order valence-corrected chi connectivity index (χ0v) is 12.0. The number of rotatable bonds is 3. The highest BCUT2D eigenvalue weighted by Gasteiger charge is 2.10. The molecule has 0 N–H and O–H groups in total. The van der Waals surface area contributed by atoms with Crippen LogP contribution in [0.2, 0.25) is 0 Å². The third-order valence-electron chi connectivity index (χ3n) is 2.19. The maximum Gasteiger partial charge on any atom is 0.169 e. The Morgan fingerprint density at radius 3 is 2.41 bits per heavy atom. The lowest BCUT2D eigenvalue weighted by atomic mass is 10.2. The molecule has 0 unspecified atom stereocenters. The molecule has 0 atom stereocenters. The Balaban J connectivity index is 2.15. The molecule has 2 aromatic carbocycles. The Morgan fingerprint density at radius 2 is 1.76 bits per heavy atom. The van der Waals surface area contributed by atoms with E-state index in [0.717, 1.165) is 5.56 Å². The fourth-order valence-electron chi connectivity index (χ4n) is 1.40. The molecule has 0 amide bonds. The van der Waals surface area contributed by atoms with Gasteiger partial charge in [0.25, 0.3) is 0 Å². The van der Waals surface area contributed by atoms with Gasteiger partial charge in [-0.1, -0.05) is 46.3 Å². The lowest BCUT2D eigenvalue weighted by Gasteiger charge is -2.09. The zero-order valence-electron chi connectivity index (χ0n) is 8.79. The standard InChI is InChI=1S/C13H9Br2FO/c14-10-6-11(15)13(12(16)7-10)17-8-9-4-2-1-3-5-9/h1-7H,8H2. The van der Waals surface area contributed by atoms with Crippen molar-refractivity contribution in [2.45, 2.75) is 6.61 Å². The van der Waals surface area contributed by atoms with E-state index < -0.39 is 0 Å². The molecule has 0 spiro atoms. The highest BCUT2D eigenvalue weighted by atomic mass is 79.9. The number of hydrogen-bond acceptors (Lipinski definition) is 1. The van der Waals surface area contributed by atoms with Crippen LogP contribution in [0.1, 0.15) is 5.56 Å². The average Bonchev–Trinajstić information content (AvgIpc) is 2.29. The molecule has 0 aliphatic rings. The quantitative estimate of drug-likeness (QED) is 0.754. The lowest BCUT2D eigenvalue weighted by molar-refractivity contribution is 0.288. The topological polar surface area (TPSA) is 9.23 Å². The first-order chi connectivity index (χ1) is 8.16. The van der Waals surface area contributed by atoms with Crippen LogP contribution in [0.15, 0.2) is 51.4 Å². The van der Waals surface area contributed by atoms with E-state index in [0.29, 0.717) is 15.6 Å². The van der Waals surface area contributed by atoms with Gasteiger partial charge in [-0.3, -0.25) is 0 Å². The van der Waals surface area contributed by atoms with E-state index in [2.05, 4.69) is 31.9 Å². The second-order valence-electron chi connectivity index (χ2n) is 3.47. The van der Waals surface area contributed by atoms with Crippen LogP contribution < -0.4 is 4.74 Å². The van der Waals surface area contributed by atoms with Crippen LogP contribution in [0, 0.1) is 5.82 Å². The minimum atomic E-state index is -0.387. The lowest BCUT2D eigenvalue weighted by Crippen LogP contribution is -1.98. The Hall–Kier alpha value is -0.870. The molecule has 0 aliphatic carbocycles. The average molecular weight is 360 g/mol. The summed E-state index contributed by atoms with van der Waals surface area (Å²) in [5.41, 5.74) is 1.00. The number of benzene rings is 2. The summed E-state index contributed by atoms with van der Waals surface area (Å²) in [5.74, 6) is -0.153. The second kappa shape index (κ2) is 5.65. The summed E-state index contributed by atoms with van der Waals surface area (Å²) in [6, 6.07) is 12.8. The van der Waals surface area contributed by atoms with Gasteiger partial charge in [-0.15, -0.1) is 0 Å². The van der Waals surface area contributed by atoms with Gasteiger partial charge in [-0.2, -0.15) is 0 Å². The smallest absolute Gasteiger partial charge is 0.169 e. The summed E-state index contributed by atoms with van der Waals surface area (Å²) in [5, 5.41) is 0. The zero-order chi connectivity index (χ0) is 12.3. The van der Waals surface area contributed by atoms with Gasteiger partial charge in [-0.25, -0.2) is 4.39 Å². The van der Waals surface area contributed by atoms with Gasteiger partial charge >= 0.3 is 0 Å². The molecule has 0 aliphatic heterocycles. The molecule has 0 heterocycles. The molecular formula is C13H9Br2FO. The summed E-state index contributed by atoms with van der Waals surface area (Å²) >= 11 is 6.49. The molecule has 0 bridgehead atoms. The number of ether oxygens (including phenoxy) is 1. The van der Waals surface area contributed by atoms with E-state index in [1.165, 1.54) is 6.07 Å². The molecule has 0 radical (unpaired) electrons. The van der Waals surface area contributed by atoms with Gasteiger partial charge in [0.15, 0.2) is 11.6 Å². The predicted molar refractivity (Wildman–Crippen MR) is 72.6 cm³/mol. The minimum absolute atomic E-state index is 0.233. The van der Waals surface area contributed by atoms with Crippen molar-refractivity contribution >= 4 is 31.9 Å². The third-order valence-corrected chi connectivity index (χ3v) is 3.24. The third kappa shape index (κ3) is 3.30. The van der Waals surface area contributed by atoms with E-state index in [9.17, 15) is 4.39 Å². The van der Waals surface area contributed by atoms with Crippen molar-refractivity contribution in [2.24, 2.45) is 0 Å². The van der Waals surface area contributed by atoms with Crippen molar-refractivity contribution in [3.8, 4) is 5.75 Å². The molecule has 0 fully saturated rings. The largest absolute Gasteiger partial charge is 0.485 e. The van der Waals surface area contributed by atoms with E-state index in [1.807, 2.05) is 30.3 Å². The molecule has 0 aromatic heterocycles. The van der Waals surface area contributed by atoms with Gasteiger partial charge in [0, 0.05) is 4.47 Å². The summed E-state index contributed by atoms with van der Waals surface area (Å²) in [6.07, 6.45) is 0. The molecule has 0 saturated heterocycles. The molecule has 88 valence electrons. The molecular weight excluding hydrogens is 351 g/mol. The Kier molecular flexibility index (Phi) is 4.18. The van der Waals surface area contributed by atoms with Crippen molar-refractivity contribution in [2.75, 3.05) is 0 Å². The Labute approximate surface area is 116 Å². The van der Waals surface area contributed by atoms with Crippen LogP contribution in [0.5, 0.6) is 5.75 Å². The van der Waals surface area contributed by atoms with Crippen LogP contribution in [-0.2, 0) is 6.61 Å². The van der Waals surface area contributed by atoms with Gasteiger partial charge in [0.2, 0.25) is 0 Å². The highest BCUT2D eigenvalue weighted by Crippen LogP contribution is 2.32. The maximum absolute atomic E-state index is 13.6. The van der Waals surface area contributed by atoms with Crippen LogP contribution in [0.4, 0.5) is 4.39 Å². The number of halogens is 3. The first kappa shape index (κ1) is 12.6. The van der Waals surface area contributed by atoms with Crippen molar-refractivity contribution in [3.63, 3.8) is 0 Å². The number of hydrogen-bond donors (Lipinski definition) is 0. The van der Waals surface area contributed by atoms with Crippen molar-refractivity contribution in [1.29, 1.82) is 0 Å². The van der Waals surface area contributed by atoms with Crippen LogP contribution in [0.25, 0.3) is 0 Å². The molecule has 17 heavy (non-hydrogen) atoms. The van der Waals surface area contributed by atoms with E-state index in [4.69, 9.17) is 4.74 Å². The van der Waals surface area contributed by atoms with Gasteiger partial charge in [-0.05, 0) is 33.6 Å². The fourth-order valence-corrected chi connectivity index (χ4v) is 2.68. The molecule has 2 aromatic rings. The normalized spacial score (nSPS) is 10.3. The Morgan fingerprint density at radius 1 is 1.06 bits per heavy atom. The van der Waals surface area contributed by atoms with Crippen LogP contribution >= 0.6 is 31.9 Å². The summed E-state index contributed by atoms with van der Waals surface area (Å²) in [6.45, 7) is 0.345. The van der Waals surface area contributed by atoms with E-state index in [1.54, 1.807) is 6.07 Å². The minimum Gasteiger partial charge on any atom is -0.485 e. The maximum atomic E-state index is 13.6. The fraction of sp³-hybridized carbons (Fsp3) is 0.0769. The highest BCUT2D eigenvalue weighted by molar-refractivity contribution is 9.11. The predicted octanol–water partition coefficient (Wildman–Crippen LogP) is 4.93. The first-order valence-electron chi connectivity index (χ1n) is 4.98. The first-order valence-corrected chi connectivity index (χ1v) is 6.56. The van der Waals surface area contributed by atoms with E-state index >= 15 is 0 Å². The van der Waals surface area contributed by atoms with Crippen LogP contribution in [-0.4, -0.2) is 0 Å². The van der Waals surface area contributed by atoms with Gasteiger partial charge < -0.3 is 4.74 Å².